The lowest BCUT2D eigenvalue weighted by Gasteiger charge is -2.18. The zero-order valence-electron chi connectivity index (χ0n) is 9.66. The molecular formula is C13H17BrFNO. The number of halogens is 2. The second-order valence-corrected chi connectivity index (χ2v) is 5.47. The summed E-state index contributed by atoms with van der Waals surface area (Å²) in [6.45, 7) is 1.13. The molecule has 0 aromatic heterocycles. The summed E-state index contributed by atoms with van der Waals surface area (Å²) >= 11 is 3.28. The summed E-state index contributed by atoms with van der Waals surface area (Å²) in [6, 6.07) is 4.84. The quantitative estimate of drug-likeness (QED) is 0.927. The molecular weight excluding hydrogens is 285 g/mol. The van der Waals surface area contributed by atoms with Crippen molar-refractivity contribution in [2.75, 3.05) is 6.54 Å². The highest BCUT2D eigenvalue weighted by molar-refractivity contribution is 9.10. The lowest BCUT2D eigenvalue weighted by Crippen LogP contribution is -2.25. The van der Waals surface area contributed by atoms with E-state index in [0.29, 0.717) is 19.1 Å². The normalized spacial score (nSPS) is 24.2. The van der Waals surface area contributed by atoms with Crippen molar-refractivity contribution >= 4 is 15.9 Å². The van der Waals surface area contributed by atoms with Crippen molar-refractivity contribution in [2.45, 2.75) is 32.0 Å². The third-order valence-corrected chi connectivity index (χ3v) is 3.74. The van der Waals surface area contributed by atoms with Crippen LogP contribution in [0.3, 0.4) is 0 Å². The maximum Gasteiger partial charge on any atom is 0.124 e. The molecule has 0 aliphatic heterocycles. The largest absolute Gasteiger partial charge is 0.373 e. The van der Waals surface area contributed by atoms with E-state index < -0.39 is 0 Å². The van der Waals surface area contributed by atoms with E-state index in [1.54, 1.807) is 0 Å². The van der Waals surface area contributed by atoms with Crippen LogP contribution < -0.4 is 5.73 Å². The summed E-state index contributed by atoms with van der Waals surface area (Å²) in [4.78, 5) is 0. The van der Waals surface area contributed by atoms with E-state index in [1.807, 2.05) is 6.07 Å². The first-order chi connectivity index (χ1) is 8.19. The molecule has 0 bridgehead atoms. The third-order valence-electron chi connectivity index (χ3n) is 3.28. The van der Waals surface area contributed by atoms with Crippen molar-refractivity contribution in [2.24, 2.45) is 11.7 Å². The molecule has 1 aromatic carbocycles. The fourth-order valence-electron chi connectivity index (χ4n) is 2.39. The highest BCUT2D eigenvalue weighted by Gasteiger charge is 2.26. The number of nitrogens with two attached hydrogens (primary N) is 1. The molecule has 4 heteroatoms. The van der Waals surface area contributed by atoms with Gasteiger partial charge in [-0.2, -0.15) is 0 Å². The van der Waals surface area contributed by atoms with Crippen LogP contribution in [0.4, 0.5) is 4.39 Å². The van der Waals surface area contributed by atoms with Crippen LogP contribution in [0.15, 0.2) is 22.7 Å². The Labute approximate surface area is 109 Å². The molecule has 0 amide bonds. The fourth-order valence-corrected chi connectivity index (χ4v) is 2.90. The summed E-state index contributed by atoms with van der Waals surface area (Å²) in [5.74, 6) is 0.228. The molecule has 2 N–H and O–H groups in total. The first-order valence-corrected chi connectivity index (χ1v) is 6.75. The van der Waals surface area contributed by atoms with Crippen LogP contribution in [0.2, 0.25) is 0 Å². The van der Waals surface area contributed by atoms with Crippen molar-refractivity contribution in [3.8, 4) is 0 Å². The first-order valence-electron chi connectivity index (χ1n) is 5.95. The molecule has 2 nitrogen and oxygen atoms in total. The Hall–Kier alpha value is -0.450. The number of rotatable bonds is 4. The Morgan fingerprint density at radius 3 is 2.88 bits per heavy atom. The summed E-state index contributed by atoms with van der Waals surface area (Å²) < 4.78 is 19.7. The molecule has 2 unspecified atom stereocenters. The Kier molecular flexibility index (Phi) is 4.54. The molecule has 1 saturated carbocycles. The molecule has 1 fully saturated rings. The highest BCUT2D eigenvalue weighted by Crippen LogP contribution is 2.28. The number of ether oxygens (including phenoxy) is 1. The Balaban J connectivity index is 1.93. The van der Waals surface area contributed by atoms with Gasteiger partial charge in [0.05, 0.1) is 12.7 Å². The van der Waals surface area contributed by atoms with Crippen LogP contribution in [-0.4, -0.2) is 12.6 Å². The highest BCUT2D eigenvalue weighted by atomic mass is 79.9. The van der Waals surface area contributed by atoms with Crippen molar-refractivity contribution < 1.29 is 9.13 Å². The molecule has 1 aliphatic carbocycles. The van der Waals surface area contributed by atoms with Crippen LogP contribution in [0.5, 0.6) is 0 Å². The van der Waals surface area contributed by atoms with Gasteiger partial charge >= 0.3 is 0 Å². The lowest BCUT2D eigenvalue weighted by molar-refractivity contribution is 0.0181. The fraction of sp³-hybridized carbons (Fsp3) is 0.538. The van der Waals surface area contributed by atoms with E-state index in [2.05, 4.69) is 15.9 Å². The minimum atomic E-state index is -0.236. The van der Waals surface area contributed by atoms with Gasteiger partial charge in [-0.3, -0.25) is 0 Å². The van der Waals surface area contributed by atoms with Crippen LogP contribution in [0.25, 0.3) is 0 Å². The SMILES string of the molecule is NCC1CCCC1OCc1cc(F)cc(Br)c1. The molecule has 1 aliphatic rings. The zero-order valence-corrected chi connectivity index (χ0v) is 11.2. The van der Waals surface area contributed by atoms with Gasteiger partial charge in [0.15, 0.2) is 0 Å². The summed E-state index contributed by atoms with van der Waals surface area (Å²) in [6.07, 6.45) is 3.63. The maximum atomic E-state index is 13.2. The van der Waals surface area contributed by atoms with Crippen LogP contribution in [-0.2, 0) is 11.3 Å². The van der Waals surface area contributed by atoms with Gasteiger partial charge in [0.1, 0.15) is 5.82 Å². The van der Waals surface area contributed by atoms with E-state index in [1.165, 1.54) is 18.6 Å². The molecule has 0 radical (unpaired) electrons. The minimum absolute atomic E-state index is 0.236. The summed E-state index contributed by atoms with van der Waals surface area (Å²) in [5, 5.41) is 0. The van der Waals surface area contributed by atoms with Crippen molar-refractivity contribution in [1.29, 1.82) is 0 Å². The molecule has 2 atom stereocenters. The van der Waals surface area contributed by atoms with Gasteiger partial charge in [-0.25, -0.2) is 4.39 Å². The van der Waals surface area contributed by atoms with E-state index >= 15 is 0 Å². The number of hydrogen-bond donors (Lipinski definition) is 1. The van der Waals surface area contributed by atoms with Gasteiger partial charge in [0.25, 0.3) is 0 Å². The molecule has 1 aromatic rings. The van der Waals surface area contributed by atoms with Crippen molar-refractivity contribution in [3.63, 3.8) is 0 Å². The first kappa shape index (κ1) is 13.0. The van der Waals surface area contributed by atoms with Crippen molar-refractivity contribution in [1.82, 2.24) is 0 Å². The molecule has 0 saturated heterocycles. The smallest absolute Gasteiger partial charge is 0.124 e. The second-order valence-electron chi connectivity index (χ2n) is 4.55. The minimum Gasteiger partial charge on any atom is -0.373 e. The van der Waals surface area contributed by atoms with Crippen LogP contribution in [0.1, 0.15) is 24.8 Å². The van der Waals surface area contributed by atoms with E-state index in [-0.39, 0.29) is 11.9 Å². The van der Waals surface area contributed by atoms with Crippen LogP contribution >= 0.6 is 15.9 Å². The summed E-state index contributed by atoms with van der Waals surface area (Å²) in [5.41, 5.74) is 6.55. The average Bonchev–Trinajstić information content (AvgIpc) is 2.72. The molecule has 2 rings (SSSR count). The van der Waals surface area contributed by atoms with Gasteiger partial charge in [0, 0.05) is 4.47 Å². The predicted octanol–water partition coefficient (Wildman–Crippen LogP) is 3.23. The third kappa shape index (κ3) is 3.50. The predicted molar refractivity (Wildman–Crippen MR) is 69.1 cm³/mol. The van der Waals surface area contributed by atoms with Gasteiger partial charge in [0.2, 0.25) is 0 Å². The number of benzene rings is 1. The zero-order chi connectivity index (χ0) is 12.3. The van der Waals surface area contributed by atoms with Crippen molar-refractivity contribution in [3.05, 3.63) is 34.1 Å². The van der Waals surface area contributed by atoms with Crippen LogP contribution in [0, 0.1) is 11.7 Å². The molecule has 0 heterocycles. The van der Waals surface area contributed by atoms with Gasteiger partial charge in [-0.05, 0) is 49.1 Å². The van der Waals surface area contributed by atoms with Gasteiger partial charge in [-0.1, -0.05) is 22.4 Å². The van der Waals surface area contributed by atoms with Gasteiger partial charge in [-0.15, -0.1) is 0 Å². The van der Waals surface area contributed by atoms with Gasteiger partial charge < -0.3 is 10.5 Å². The maximum absolute atomic E-state index is 13.2. The molecule has 17 heavy (non-hydrogen) atoms. The molecule has 94 valence electrons. The second kappa shape index (κ2) is 5.94. The Morgan fingerprint density at radius 1 is 1.35 bits per heavy atom. The van der Waals surface area contributed by atoms with E-state index in [9.17, 15) is 4.39 Å². The molecule has 0 spiro atoms. The standard InChI is InChI=1S/C13H17BrFNO/c14-11-4-9(5-12(15)6-11)8-17-13-3-1-2-10(13)7-16/h4-6,10,13H,1-3,7-8,16H2. The summed E-state index contributed by atoms with van der Waals surface area (Å²) in [7, 11) is 0. The Bertz CT molecular complexity index is 365. The van der Waals surface area contributed by atoms with E-state index in [0.717, 1.165) is 22.9 Å². The number of hydrogen-bond acceptors (Lipinski definition) is 2. The average molecular weight is 302 g/mol. The topological polar surface area (TPSA) is 35.2 Å². The van der Waals surface area contributed by atoms with E-state index in [4.69, 9.17) is 10.5 Å². The lowest BCUT2D eigenvalue weighted by atomic mass is 10.1. The monoisotopic (exact) mass is 301 g/mol. The Morgan fingerprint density at radius 2 is 2.18 bits per heavy atom.